The molecule has 1 N–H and O–H groups in total. The maximum absolute atomic E-state index is 12.3. The molecule has 3 rings (SSSR count). The van der Waals surface area contributed by atoms with E-state index in [1.807, 2.05) is 11.8 Å². The van der Waals surface area contributed by atoms with Gasteiger partial charge in [-0.1, -0.05) is 44.4 Å². The van der Waals surface area contributed by atoms with Gasteiger partial charge in [0.15, 0.2) is 0 Å². The number of thioether (sulfide) groups is 1. The Kier molecular flexibility index (Phi) is 6.34. The van der Waals surface area contributed by atoms with Gasteiger partial charge in [0.2, 0.25) is 17.7 Å². The highest BCUT2D eigenvalue weighted by molar-refractivity contribution is 7.99. The third kappa shape index (κ3) is 4.96. The third-order valence-corrected chi connectivity index (χ3v) is 5.68. The minimum Gasteiger partial charge on any atom is -0.416 e. The fraction of sp³-hybridized carbons (Fsp3) is 0.765. The van der Waals surface area contributed by atoms with Gasteiger partial charge in [-0.05, 0) is 12.8 Å². The van der Waals surface area contributed by atoms with Crippen LogP contribution in [0.3, 0.4) is 0 Å². The zero-order valence-electron chi connectivity index (χ0n) is 14.7. The van der Waals surface area contributed by atoms with E-state index in [-0.39, 0.29) is 23.6 Å². The molecule has 1 aromatic rings. The average Bonchev–Trinajstić information content (AvgIpc) is 3.10. The predicted molar refractivity (Wildman–Crippen MR) is 94.2 cm³/mol. The van der Waals surface area contributed by atoms with E-state index in [1.165, 1.54) is 37.4 Å². The first-order valence-electron chi connectivity index (χ1n) is 9.19. The van der Waals surface area contributed by atoms with Gasteiger partial charge < -0.3 is 14.6 Å². The predicted octanol–water partition coefficient (Wildman–Crippen LogP) is 2.16. The van der Waals surface area contributed by atoms with Crippen molar-refractivity contribution in [3.8, 4) is 0 Å². The van der Waals surface area contributed by atoms with Crippen molar-refractivity contribution in [3.05, 3.63) is 5.89 Å². The van der Waals surface area contributed by atoms with Crippen LogP contribution in [-0.2, 0) is 16.0 Å². The van der Waals surface area contributed by atoms with Crippen LogP contribution in [0.4, 0.5) is 0 Å². The molecule has 1 saturated carbocycles. The first-order chi connectivity index (χ1) is 12.2. The van der Waals surface area contributed by atoms with Crippen molar-refractivity contribution in [1.29, 1.82) is 0 Å². The summed E-state index contributed by atoms with van der Waals surface area (Å²) in [7, 11) is 0. The number of amides is 2. The SMILES string of the molecule is CCc1nnc(SCC(=O)NC2CC(=O)N(C3CCCCCC3)C2)o1. The fourth-order valence-electron chi connectivity index (χ4n) is 3.59. The maximum Gasteiger partial charge on any atom is 0.277 e. The maximum atomic E-state index is 12.3. The highest BCUT2D eigenvalue weighted by Gasteiger charge is 2.35. The van der Waals surface area contributed by atoms with Crippen molar-refractivity contribution < 1.29 is 14.0 Å². The number of carbonyl (C=O) groups excluding carboxylic acids is 2. The summed E-state index contributed by atoms with van der Waals surface area (Å²) >= 11 is 1.23. The smallest absolute Gasteiger partial charge is 0.277 e. The summed E-state index contributed by atoms with van der Waals surface area (Å²) in [5.74, 6) is 0.874. The van der Waals surface area contributed by atoms with E-state index in [4.69, 9.17) is 4.42 Å². The summed E-state index contributed by atoms with van der Waals surface area (Å²) in [6, 6.07) is 0.273. The normalized spacial score (nSPS) is 22.2. The van der Waals surface area contributed by atoms with Gasteiger partial charge in [-0.2, -0.15) is 0 Å². The molecule has 1 unspecified atom stereocenters. The minimum absolute atomic E-state index is 0.0854. The number of nitrogens with one attached hydrogen (secondary N) is 1. The molecule has 1 saturated heterocycles. The van der Waals surface area contributed by atoms with Crippen molar-refractivity contribution in [1.82, 2.24) is 20.4 Å². The molecule has 1 atom stereocenters. The first-order valence-corrected chi connectivity index (χ1v) is 10.2. The van der Waals surface area contributed by atoms with E-state index in [2.05, 4.69) is 15.5 Å². The first kappa shape index (κ1) is 18.2. The lowest BCUT2D eigenvalue weighted by Gasteiger charge is -2.27. The van der Waals surface area contributed by atoms with Gasteiger partial charge in [0.25, 0.3) is 5.22 Å². The zero-order chi connectivity index (χ0) is 17.6. The largest absolute Gasteiger partial charge is 0.416 e. The fourth-order valence-corrected chi connectivity index (χ4v) is 4.18. The summed E-state index contributed by atoms with van der Waals surface area (Å²) in [6.45, 7) is 2.58. The second-order valence-corrected chi connectivity index (χ2v) is 7.69. The molecular formula is C17H26N4O3S. The summed E-state index contributed by atoms with van der Waals surface area (Å²) in [5, 5.41) is 11.1. The molecule has 8 heteroatoms. The second kappa shape index (κ2) is 8.69. The summed E-state index contributed by atoms with van der Waals surface area (Å²) in [4.78, 5) is 26.5. The van der Waals surface area contributed by atoms with Crippen LogP contribution in [0, 0.1) is 0 Å². The Morgan fingerprint density at radius 1 is 1.28 bits per heavy atom. The van der Waals surface area contributed by atoms with Crippen molar-refractivity contribution in [3.63, 3.8) is 0 Å². The van der Waals surface area contributed by atoms with Gasteiger partial charge in [-0.3, -0.25) is 9.59 Å². The quantitative estimate of drug-likeness (QED) is 0.613. The Bertz CT molecular complexity index is 598. The monoisotopic (exact) mass is 366 g/mol. The topological polar surface area (TPSA) is 88.3 Å². The Labute approximate surface area is 152 Å². The van der Waals surface area contributed by atoms with Crippen LogP contribution in [0.2, 0.25) is 0 Å². The Hall–Kier alpha value is -1.57. The molecule has 2 aliphatic rings. The number of likely N-dealkylation sites (tertiary alicyclic amines) is 1. The lowest BCUT2D eigenvalue weighted by Crippen LogP contribution is -2.41. The van der Waals surface area contributed by atoms with Crippen LogP contribution in [-0.4, -0.2) is 51.3 Å². The van der Waals surface area contributed by atoms with Crippen LogP contribution >= 0.6 is 11.8 Å². The van der Waals surface area contributed by atoms with Gasteiger partial charge in [-0.15, -0.1) is 10.2 Å². The molecule has 0 bridgehead atoms. The summed E-state index contributed by atoms with van der Waals surface area (Å²) in [5.41, 5.74) is 0. The molecule has 138 valence electrons. The van der Waals surface area contributed by atoms with Gasteiger partial charge in [0.1, 0.15) is 0 Å². The molecule has 25 heavy (non-hydrogen) atoms. The van der Waals surface area contributed by atoms with Crippen LogP contribution in [0.15, 0.2) is 9.64 Å². The van der Waals surface area contributed by atoms with Crippen molar-refractivity contribution in [2.75, 3.05) is 12.3 Å². The van der Waals surface area contributed by atoms with Gasteiger partial charge in [-0.25, -0.2) is 0 Å². The Morgan fingerprint density at radius 2 is 2.04 bits per heavy atom. The highest BCUT2D eigenvalue weighted by Crippen LogP contribution is 2.26. The number of nitrogens with zero attached hydrogens (tertiary/aromatic N) is 3. The van der Waals surface area contributed by atoms with E-state index in [1.54, 1.807) is 0 Å². The van der Waals surface area contributed by atoms with Gasteiger partial charge in [0, 0.05) is 25.4 Å². The zero-order valence-corrected chi connectivity index (χ0v) is 15.5. The molecule has 2 heterocycles. The van der Waals surface area contributed by atoms with E-state index in [0.29, 0.717) is 36.5 Å². The Balaban J connectivity index is 1.44. The summed E-state index contributed by atoms with van der Waals surface area (Å²) < 4.78 is 5.38. The molecule has 2 amide bonds. The molecule has 0 radical (unpaired) electrons. The number of carbonyl (C=O) groups is 2. The van der Waals surface area contributed by atoms with Crippen LogP contribution in [0.5, 0.6) is 0 Å². The molecule has 0 spiro atoms. The highest BCUT2D eigenvalue weighted by atomic mass is 32.2. The van der Waals surface area contributed by atoms with Crippen molar-refractivity contribution in [2.24, 2.45) is 0 Å². The lowest BCUT2D eigenvalue weighted by molar-refractivity contribution is -0.129. The van der Waals surface area contributed by atoms with Crippen LogP contribution in [0.25, 0.3) is 0 Å². The molecule has 7 nitrogen and oxygen atoms in total. The van der Waals surface area contributed by atoms with Gasteiger partial charge >= 0.3 is 0 Å². The molecular weight excluding hydrogens is 340 g/mol. The average molecular weight is 366 g/mol. The van der Waals surface area contributed by atoms with Crippen LogP contribution < -0.4 is 5.32 Å². The molecule has 2 fully saturated rings. The van der Waals surface area contributed by atoms with Crippen LogP contribution in [0.1, 0.15) is 57.8 Å². The number of aryl methyl sites for hydroxylation is 1. The number of hydrogen-bond acceptors (Lipinski definition) is 6. The lowest BCUT2D eigenvalue weighted by atomic mass is 10.1. The van der Waals surface area contributed by atoms with Crippen molar-refractivity contribution >= 4 is 23.6 Å². The Morgan fingerprint density at radius 3 is 2.72 bits per heavy atom. The molecule has 1 aromatic heterocycles. The van der Waals surface area contributed by atoms with Crippen molar-refractivity contribution in [2.45, 2.75) is 75.6 Å². The number of hydrogen-bond donors (Lipinski definition) is 1. The minimum atomic E-state index is -0.0956. The second-order valence-electron chi connectivity index (χ2n) is 6.76. The molecule has 1 aliphatic carbocycles. The molecule has 0 aromatic carbocycles. The summed E-state index contributed by atoms with van der Waals surface area (Å²) in [6.07, 6.45) is 8.22. The third-order valence-electron chi connectivity index (χ3n) is 4.87. The van der Waals surface area contributed by atoms with E-state index < -0.39 is 0 Å². The standard InChI is InChI=1S/C17H26N4O3S/c1-2-15-19-20-17(24-15)25-11-14(22)18-12-9-16(23)21(10-12)13-7-5-3-4-6-8-13/h12-13H,2-11H2,1H3,(H,18,22). The van der Waals surface area contributed by atoms with E-state index in [9.17, 15) is 9.59 Å². The van der Waals surface area contributed by atoms with E-state index >= 15 is 0 Å². The number of rotatable bonds is 6. The number of aromatic nitrogens is 2. The van der Waals surface area contributed by atoms with Gasteiger partial charge in [0.05, 0.1) is 11.8 Å². The van der Waals surface area contributed by atoms with E-state index in [0.717, 1.165) is 12.8 Å². The molecule has 1 aliphatic heterocycles.